The molecule has 5 heterocycles. The molecular formula is C34H40BrN10O3P. The van der Waals surface area contributed by atoms with E-state index in [1.807, 2.05) is 31.6 Å². The Balaban J connectivity index is 1.21. The van der Waals surface area contributed by atoms with Crippen LogP contribution in [0.4, 0.5) is 28.8 Å². The molecule has 256 valence electrons. The molecule has 2 aliphatic heterocycles. The highest BCUT2D eigenvalue weighted by molar-refractivity contribution is 9.10. The molecule has 2 fully saturated rings. The number of benzene rings is 2. The number of fused-ring (bicyclic) bond motifs is 1. The molecule has 0 saturated carbocycles. The second-order valence-electron chi connectivity index (χ2n) is 13.1. The molecule has 2 aliphatic rings. The fourth-order valence-corrected chi connectivity index (χ4v) is 8.50. The van der Waals surface area contributed by atoms with E-state index in [1.54, 1.807) is 43.7 Å². The number of anilines is 5. The molecule has 0 amide bonds. The third kappa shape index (κ3) is 6.87. The number of nitrogens with zero attached hydrogens (tertiary/aromatic N) is 8. The molecule has 0 atom stereocenters. The number of hydrogen-bond acceptors (Lipinski definition) is 12. The molecule has 7 rings (SSSR count). The van der Waals surface area contributed by atoms with Gasteiger partial charge in [-0.15, -0.1) is 0 Å². The number of morpholine rings is 1. The van der Waals surface area contributed by atoms with Gasteiger partial charge in [0.1, 0.15) is 24.2 Å². The van der Waals surface area contributed by atoms with E-state index in [0.29, 0.717) is 49.7 Å². The third-order valence-electron chi connectivity index (χ3n) is 9.18. The maximum Gasteiger partial charge on any atom is 0.229 e. The normalized spacial score (nSPS) is 16.7. The molecule has 2 N–H and O–H groups in total. The van der Waals surface area contributed by atoms with Crippen molar-refractivity contribution in [1.82, 2.24) is 34.6 Å². The number of nitrogens with one attached hydrogen (secondary N) is 2. The molecule has 49 heavy (non-hydrogen) atoms. The van der Waals surface area contributed by atoms with Crippen LogP contribution >= 0.6 is 23.1 Å². The van der Waals surface area contributed by atoms with Crippen LogP contribution in [-0.4, -0.2) is 100 Å². The van der Waals surface area contributed by atoms with Gasteiger partial charge in [0.15, 0.2) is 0 Å². The lowest BCUT2D eigenvalue weighted by atomic mass is 9.88. The first-order valence-electron chi connectivity index (χ1n) is 16.2. The minimum absolute atomic E-state index is 0.0968. The minimum Gasteiger partial charge on any atom is -0.494 e. The molecule has 15 heteroatoms. The van der Waals surface area contributed by atoms with Crippen LogP contribution in [0.15, 0.2) is 59.7 Å². The van der Waals surface area contributed by atoms with Crippen molar-refractivity contribution in [3.8, 4) is 16.9 Å². The highest BCUT2D eigenvalue weighted by atomic mass is 79.9. The van der Waals surface area contributed by atoms with Crippen LogP contribution in [-0.2, 0) is 16.3 Å². The van der Waals surface area contributed by atoms with E-state index in [0.717, 1.165) is 62.4 Å². The van der Waals surface area contributed by atoms with Crippen molar-refractivity contribution < 1.29 is 14.0 Å². The number of aryl methyl sites for hydroxylation is 1. The average molecular weight is 748 g/mol. The van der Waals surface area contributed by atoms with Crippen molar-refractivity contribution in [2.24, 2.45) is 7.05 Å². The number of methoxy groups -OCH3 is 1. The fourth-order valence-electron chi connectivity index (χ4n) is 6.81. The van der Waals surface area contributed by atoms with Crippen molar-refractivity contribution >= 4 is 68.2 Å². The highest BCUT2D eigenvalue weighted by Gasteiger charge is 2.39. The number of halogens is 1. The number of ether oxygens (including phenoxy) is 2. The van der Waals surface area contributed by atoms with E-state index in [1.165, 1.54) is 0 Å². The van der Waals surface area contributed by atoms with E-state index in [4.69, 9.17) is 14.5 Å². The Morgan fingerprint density at radius 2 is 1.80 bits per heavy atom. The van der Waals surface area contributed by atoms with E-state index in [2.05, 4.69) is 75.6 Å². The summed E-state index contributed by atoms with van der Waals surface area (Å²) in [6.45, 7) is 7.89. The van der Waals surface area contributed by atoms with Crippen LogP contribution < -0.4 is 25.6 Å². The van der Waals surface area contributed by atoms with Crippen LogP contribution in [0.2, 0.25) is 0 Å². The van der Waals surface area contributed by atoms with Crippen LogP contribution in [0.3, 0.4) is 0 Å². The van der Waals surface area contributed by atoms with Gasteiger partial charge >= 0.3 is 0 Å². The van der Waals surface area contributed by atoms with Crippen LogP contribution in [0.5, 0.6) is 5.75 Å². The lowest BCUT2D eigenvalue weighted by Crippen LogP contribution is -2.56. The SMILES string of the molecule is COc1cc(N2CCC3(CC2)CN(C)CCO3)c(-c2cnn(C)c2)cc1Nc1ncc(Br)c(Nc2ccc3nccnc3c2P(C)(C)=O)n1. The van der Waals surface area contributed by atoms with Gasteiger partial charge in [-0.1, -0.05) is 0 Å². The van der Waals surface area contributed by atoms with E-state index in [9.17, 15) is 4.57 Å². The van der Waals surface area contributed by atoms with E-state index < -0.39 is 7.14 Å². The number of rotatable bonds is 8. The van der Waals surface area contributed by atoms with Gasteiger partial charge < -0.3 is 34.5 Å². The van der Waals surface area contributed by atoms with Gasteiger partial charge in [-0.25, -0.2) is 4.98 Å². The van der Waals surface area contributed by atoms with Crippen molar-refractivity contribution in [3.05, 3.63) is 59.7 Å². The lowest BCUT2D eigenvalue weighted by Gasteiger charge is -2.47. The summed E-state index contributed by atoms with van der Waals surface area (Å²) in [5.41, 5.74) is 5.61. The number of hydrogen-bond donors (Lipinski definition) is 2. The van der Waals surface area contributed by atoms with Gasteiger partial charge in [0.05, 0.1) is 52.2 Å². The Morgan fingerprint density at radius 1 is 1.00 bits per heavy atom. The zero-order chi connectivity index (χ0) is 34.3. The molecule has 0 radical (unpaired) electrons. The topological polar surface area (TPSA) is 135 Å². The molecule has 2 saturated heterocycles. The van der Waals surface area contributed by atoms with Gasteiger partial charge in [-0.05, 0) is 67.3 Å². The van der Waals surface area contributed by atoms with Crippen molar-refractivity contribution in [2.75, 3.05) is 75.8 Å². The quantitative estimate of drug-likeness (QED) is 0.191. The molecule has 5 aromatic rings. The maximum atomic E-state index is 13.5. The van der Waals surface area contributed by atoms with Crippen molar-refractivity contribution in [1.29, 1.82) is 0 Å². The molecule has 0 bridgehead atoms. The zero-order valence-corrected chi connectivity index (χ0v) is 30.8. The van der Waals surface area contributed by atoms with Gasteiger partial charge in [-0.3, -0.25) is 14.6 Å². The van der Waals surface area contributed by atoms with Gasteiger partial charge in [0.25, 0.3) is 0 Å². The van der Waals surface area contributed by atoms with Crippen LogP contribution in [0.25, 0.3) is 22.2 Å². The van der Waals surface area contributed by atoms with Crippen molar-refractivity contribution in [3.63, 3.8) is 0 Å². The summed E-state index contributed by atoms with van der Waals surface area (Å²) in [6.07, 6.45) is 10.7. The predicted molar refractivity (Wildman–Crippen MR) is 198 cm³/mol. The molecule has 2 aromatic carbocycles. The predicted octanol–water partition coefficient (Wildman–Crippen LogP) is 5.63. The van der Waals surface area contributed by atoms with Crippen molar-refractivity contribution in [2.45, 2.75) is 18.4 Å². The smallest absolute Gasteiger partial charge is 0.229 e. The summed E-state index contributed by atoms with van der Waals surface area (Å²) in [5.74, 6) is 1.51. The minimum atomic E-state index is -2.77. The first-order chi connectivity index (χ1) is 23.5. The maximum absolute atomic E-state index is 13.5. The second kappa shape index (κ2) is 13.3. The Morgan fingerprint density at radius 3 is 2.51 bits per heavy atom. The molecule has 1 spiro atoms. The van der Waals surface area contributed by atoms with Gasteiger partial charge in [-0.2, -0.15) is 10.1 Å². The third-order valence-corrected chi connectivity index (χ3v) is 11.3. The van der Waals surface area contributed by atoms with Gasteiger partial charge in [0, 0.05) is 80.9 Å². The first-order valence-corrected chi connectivity index (χ1v) is 19.6. The zero-order valence-electron chi connectivity index (χ0n) is 28.3. The summed E-state index contributed by atoms with van der Waals surface area (Å²) >= 11 is 3.59. The highest BCUT2D eigenvalue weighted by Crippen LogP contribution is 2.44. The summed E-state index contributed by atoms with van der Waals surface area (Å²) in [6, 6.07) is 7.87. The summed E-state index contributed by atoms with van der Waals surface area (Å²) < 4.78 is 28.2. The molecular weight excluding hydrogens is 707 g/mol. The van der Waals surface area contributed by atoms with E-state index in [-0.39, 0.29) is 5.60 Å². The summed E-state index contributed by atoms with van der Waals surface area (Å²) in [4.78, 5) is 23.1. The van der Waals surface area contributed by atoms with Gasteiger partial charge in [0.2, 0.25) is 5.95 Å². The Hall–Kier alpha value is -4.10. The Bertz CT molecular complexity index is 2060. The number of likely N-dealkylation sites (N-methyl/N-ethyl adjacent to an activating group) is 1. The molecule has 0 aliphatic carbocycles. The molecule has 0 unspecified atom stereocenters. The standard InChI is InChI=1S/C34H40BrN10O3P/c1-43-14-15-48-34(21-43)8-12-45(13-9-34)28-17-29(47-3)27(16-23(28)22-18-39-44(2)20-22)41-33-38-19-24(35)32(42-33)40-26-7-6-25-30(37-11-10-36-25)31(26)49(4,5)46/h6-7,10-11,16-20H,8-9,12-15,21H2,1-5H3,(H2,38,40,41,42). The summed E-state index contributed by atoms with van der Waals surface area (Å²) in [7, 11) is 2.99. The Kier molecular flexibility index (Phi) is 9.08. The summed E-state index contributed by atoms with van der Waals surface area (Å²) in [5, 5.41) is 11.9. The largest absolute Gasteiger partial charge is 0.494 e. The molecule has 3 aromatic heterocycles. The average Bonchev–Trinajstić information content (AvgIpc) is 3.51. The number of aromatic nitrogens is 6. The monoisotopic (exact) mass is 746 g/mol. The second-order valence-corrected chi connectivity index (χ2v) is 17.1. The fraction of sp³-hybridized carbons (Fsp3) is 0.382. The molecule has 13 nitrogen and oxygen atoms in total. The van der Waals surface area contributed by atoms with Crippen LogP contribution in [0.1, 0.15) is 12.8 Å². The number of piperidine rings is 1. The first kappa shape index (κ1) is 33.4. The van der Waals surface area contributed by atoms with E-state index >= 15 is 0 Å². The lowest BCUT2D eigenvalue weighted by molar-refractivity contribution is -0.115. The Labute approximate surface area is 294 Å². The van der Waals surface area contributed by atoms with Crippen LogP contribution in [0, 0.1) is 0 Å².